The highest BCUT2D eigenvalue weighted by molar-refractivity contribution is 5.78. The SMILES string of the molecule is O=C(CC1CCOCC1)N1CC[C@H](CNc2cc(-n3c(C(F)F)nc4ccccc43)nc(N3CCOCC3)n2)C1. The summed E-state index contributed by atoms with van der Waals surface area (Å²) in [5.41, 5.74) is 1.04. The van der Waals surface area contributed by atoms with Crippen LogP contribution in [-0.2, 0) is 14.3 Å². The number of fused-ring (bicyclic) bond motifs is 1. The predicted octanol–water partition coefficient (Wildman–Crippen LogP) is 3.67. The van der Waals surface area contributed by atoms with Gasteiger partial charge in [0.25, 0.3) is 6.43 Å². The molecule has 1 N–H and O–H groups in total. The van der Waals surface area contributed by atoms with Gasteiger partial charge in [0.1, 0.15) is 11.6 Å². The first-order valence-electron chi connectivity index (χ1n) is 14.1. The lowest BCUT2D eigenvalue weighted by Gasteiger charge is -2.27. The molecule has 0 bridgehead atoms. The van der Waals surface area contributed by atoms with Crippen LogP contribution in [0.1, 0.15) is 37.9 Å². The van der Waals surface area contributed by atoms with Crippen LogP contribution < -0.4 is 10.2 Å². The molecule has 0 spiro atoms. The fourth-order valence-corrected chi connectivity index (χ4v) is 5.76. The molecular formula is C28H35F2N7O3. The van der Waals surface area contributed by atoms with Crippen molar-refractivity contribution >= 4 is 28.7 Å². The number of hydrogen-bond acceptors (Lipinski definition) is 8. The maximum absolute atomic E-state index is 14.1. The Bertz CT molecular complexity index is 1320. The smallest absolute Gasteiger partial charge is 0.296 e. The summed E-state index contributed by atoms with van der Waals surface area (Å²) in [7, 11) is 0. The molecular weight excluding hydrogens is 520 g/mol. The number of imidazole rings is 1. The van der Waals surface area contributed by atoms with Crippen LogP contribution in [0.25, 0.3) is 16.9 Å². The van der Waals surface area contributed by atoms with Gasteiger partial charge < -0.3 is 24.6 Å². The van der Waals surface area contributed by atoms with Crippen molar-refractivity contribution in [1.29, 1.82) is 0 Å². The van der Waals surface area contributed by atoms with Gasteiger partial charge in [-0.2, -0.15) is 9.97 Å². The maximum atomic E-state index is 14.1. The number of amides is 1. The van der Waals surface area contributed by atoms with Crippen molar-refractivity contribution in [3.8, 4) is 5.82 Å². The first-order chi connectivity index (χ1) is 19.5. The number of morpholine rings is 1. The van der Waals surface area contributed by atoms with E-state index >= 15 is 0 Å². The minimum Gasteiger partial charge on any atom is -0.381 e. The first-order valence-corrected chi connectivity index (χ1v) is 14.1. The molecule has 0 radical (unpaired) electrons. The Labute approximate surface area is 231 Å². The van der Waals surface area contributed by atoms with Crippen LogP contribution in [0.4, 0.5) is 20.5 Å². The fourth-order valence-electron chi connectivity index (χ4n) is 5.76. The highest BCUT2D eigenvalue weighted by Crippen LogP contribution is 2.29. The number of para-hydroxylation sites is 2. The lowest BCUT2D eigenvalue weighted by Crippen LogP contribution is -2.37. The largest absolute Gasteiger partial charge is 0.381 e. The number of halogens is 2. The third-order valence-electron chi connectivity index (χ3n) is 8.02. The molecule has 0 saturated carbocycles. The van der Waals surface area contributed by atoms with Gasteiger partial charge in [-0.25, -0.2) is 13.8 Å². The lowest BCUT2D eigenvalue weighted by atomic mass is 9.96. The number of carbonyl (C=O) groups is 1. The Morgan fingerprint density at radius 1 is 0.975 bits per heavy atom. The monoisotopic (exact) mass is 555 g/mol. The van der Waals surface area contributed by atoms with Crippen molar-refractivity contribution in [2.75, 3.05) is 69.4 Å². The maximum Gasteiger partial charge on any atom is 0.296 e. The number of ether oxygens (including phenoxy) is 2. The number of rotatable bonds is 8. The molecule has 3 aromatic rings. The number of likely N-dealkylation sites (tertiary alicyclic amines) is 1. The van der Waals surface area contributed by atoms with Crippen LogP contribution in [0.3, 0.4) is 0 Å². The Kier molecular flexibility index (Phi) is 8.05. The number of anilines is 2. The summed E-state index contributed by atoms with van der Waals surface area (Å²) in [5, 5.41) is 3.42. The normalized spacial score (nSPS) is 20.5. The topological polar surface area (TPSA) is 97.6 Å². The highest BCUT2D eigenvalue weighted by atomic mass is 19.3. The number of aromatic nitrogens is 4. The van der Waals surface area contributed by atoms with Gasteiger partial charge in [-0.3, -0.25) is 9.36 Å². The average Bonchev–Trinajstić information content (AvgIpc) is 3.62. The zero-order valence-corrected chi connectivity index (χ0v) is 22.5. The van der Waals surface area contributed by atoms with Crippen LogP contribution in [0.5, 0.6) is 0 Å². The van der Waals surface area contributed by atoms with Gasteiger partial charge in [-0.1, -0.05) is 12.1 Å². The molecule has 5 heterocycles. The minimum absolute atomic E-state index is 0.222. The van der Waals surface area contributed by atoms with E-state index in [0.717, 1.165) is 39.0 Å². The van der Waals surface area contributed by atoms with Crippen LogP contribution >= 0.6 is 0 Å². The molecule has 6 rings (SSSR count). The summed E-state index contributed by atoms with van der Waals surface area (Å²) in [5.74, 6) is 1.90. The van der Waals surface area contributed by atoms with Gasteiger partial charge in [0.15, 0.2) is 5.82 Å². The Morgan fingerprint density at radius 3 is 2.55 bits per heavy atom. The zero-order chi connectivity index (χ0) is 27.5. The Morgan fingerprint density at radius 2 is 1.75 bits per heavy atom. The average molecular weight is 556 g/mol. The van der Waals surface area contributed by atoms with Crippen LogP contribution in [-0.4, -0.2) is 89.5 Å². The molecule has 0 unspecified atom stereocenters. The van der Waals surface area contributed by atoms with E-state index in [1.165, 1.54) is 4.57 Å². The van der Waals surface area contributed by atoms with Gasteiger partial charge in [0.2, 0.25) is 11.9 Å². The number of benzene rings is 1. The fraction of sp³-hybridized carbons (Fsp3) is 0.571. The summed E-state index contributed by atoms with van der Waals surface area (Å²) < 4.78 is 40.5. The second-order valence-electron chi connectivity index (χ2n) is 10.7. The molecule has 2 aromatic heterocycles. The molecule has 0 aliphatic carbocycles. The number of carbonyl (C=O) groups excluding carboxylic acids is 1. The summed E-state index contributed by atoms with van der Waals surface area (Å²) >= 11 is 0. The van der Waals surface area contributed by atoms with E-state index in [9.17, 15) is 13.6 Å². The molecule has 10 nitrogen and oxygen atoms in total. The second kappa shape index (κ2) is 12.0. The van der Waals surface area contributed by atoms with E-state index in [1.54, 1.807) is 30.3 Å². The van der Waals surface area contributed by atoms with Crippen molar-refractivity contribution in [3.05, 3.63) is 36.2 Å². The zero-order valence-electron chi connectivity index (χ0n) is 22.5. The van der Waals surface area contributed by atoms with Crippen LogP contribution in [0, 0.1) is 11.8 Å². The Hall–Kier alpha value is -3.38. The summed E-state index contributed by atoms with van der Waals surface area (Å²) in [6.45, 7) is 5.87. The summed E-state index contributed by atoms with van der Waals surface area (Å²) in [6, 6.07) is 8.76. The lowest BCUT2D eigenvalue weighted by molar-refractivity contribution is -0.131. The molecule has 40 heavy (non-hydrogen) atoms. The van der Waals surface area contributed by atoms with Crippen molar-refractivity contribution in [2.24, 2.45) is 11.8 Å². The van der Waals surface area contributed by atoms with Gasteiger partial charge in [0, 0.05) is 58.4 Å². The van der Waals surface area contributed by atoms with Gasteiger partial charge in [-0.15, -0.1) is 0 Å². The van der Waals surface area contributed by atoms with Gasteiger partial charge in [-0.05, 0) is 43.2 Å². The number of alkyl halides is 2. The highest BCUT2D eigenvalue weighted by Gasteiger charge is 2.29. The standard InChI is InChI=1S/C28H35F2N7O3/c29-26(30)27-32-21-3-1-2-4-22(21)37(27)24-16-23(33-28(34-24)35-9-13-40-14-10-35)31-17-20-5-8-36(18-20)25(38)15-19-6-11-39-12-7-19/h1-4,16,19-20,26H,5-15,17-18H2,(H,31,33,34)/t20-/m1/s1. The Balaban J connectivity index is 1.21. The first kappa shape index (κ1) is 26.8. The van der Waals surface area contributed by atoms with Crippen molar-refractivity contribution in [1.82, 2.24) is 24.4 Å². The minimum atomic E-state index is -2.77. The number of nitrogens with one attached hydrogen (secondary N) is 1. The molecule has 3 fully saturated rings. The molecule has 3 aliphatic rings. The van der Waals surface area contributed by atoms with Crippen LogP contribution in [0.15, 0.2) is 30.3 Å². The number of nitrogens with zero attached hydrogens (tertiary/aromatic N) is 6. The number of hydrogen-bond donors (Lipinski definition) is 1. The molecule has 1 amide bonds. The van der Waals surface area contributed by atoms with Crippen molar-refractivity contribution < 1.29 is 23.0 Å². The van der Waals surface area contributed by atoms with Crippen molar-refractivity contribution in [2.45, 2.75) is 32.1 Å². The molecule has 1 atom stereocenters. The third kappa shape index (κ3) is 5.87. The summed E-state index contributed by atoms with van der Waals surface area (Å²) in [4.78, 5) is 30.5. The van der Waals surface area contributed by atoms with Gasteiger partial charge >= 0.3 is 0 Å². The molecule has 214 valence electrons. The molecule has 3 aliphatic heterocycles. The quantitative estimate of drug-likeness (QED) is 0.450. The van der Waals surface area contributed by atoms with E-state index in [-0.39, 0.29) is 17.6 Å². The molecule has 1 aromatic carbocycles. The summed E-state index contributed by atoms with van der Waals surface area (Å²) in [6.07, 6.45) is 0.626. The van der Waals surface area contributed by atoms with Gasteiger partial charge in [0.05, 0.1) is 24.2 Å². The second-order valence-corrected chi connectivity index (χ2v) is 10.7. The van der Waals surface area contributed by atoms with Crippen molar-refractivity contribution in [3.63, 3.8) is 0 Å². The van der Waals surface area contributed by atoms with E-state index in [0.29, 0.717) is 80.3 Å². The van der Waals surface area contributed by atoms with Crippen LogP contribution in [0.2, 0.25) is 0 Å². The van der Waals surface area contributed by atoms with E-state index in [4.69, 9.17) is 19.4 Å². The van der Waals surface area contributed by atoms with E-state index < -0.39 is 6.43 Å². The third-order valence-corrected chi connectivity index (χ3v) is 8.02. The van der Waals surface area contributed by atoms with E-state index in [1.807, 2.05) is 9.80 Å². The van der Waals surface area contributed by atoms with E-state index in [2.05, 4.69) is 10.3 Å². The molecule has 3 saturated heterocycles. The predicted molar refractivity (Wildman–Crippen MR) is 146 cm³/mol. The molecule has 12 heteroatoms.